The molecule has 0 spiro atoms. The summed E-state index contributed by atoms with van der Waals surface area (Å²) in [6.45, 7) is 3.57. The molecule has 2 aromatic carbocycles. The van der Waals surface area contributed by atoms with Gasteiger partial charge in [0, 0.05) is 19.5 Å². The minimum absolute atomic E-state index is 0.0300. The van der Waals surface area contributed by atoms with Crippen molar-refractivity contribution in [1.29, 1.82) is 0 Å². The summed E-state index contributed by atoms with van der Waals surface area (Å²) in [6, 6.07) is 15.4. The van der Waals surface area contributed by atoms with Crippen LogP contribution >= 0.6 is 0 Å². The van der Waals surface area contributed by atoms with E-state index in [0.29, 0.717) is 32.7 Å². The first-order chi connectivity index (χ1) is 13.6. The number of amides is 2. The molecule has 0 fully saturated rings. The molecule has 1 unspecified atom stereocenters. The fraction of sp³-hybridized carbons (Fsp3) is 0.364. The van der Waals surface area contributed by atoms with Gasteiger partial charge in [-0.1, -0.05) is 30.3 Å². The van der Waals surface area contributed by atoms with E-state index in [4.69, 9.17) is 15.2 Å². The number of rotatable bonds is 8. The van der Waals surface area contributed by atoms with Crippen LogP contribution in [0.15, 0.2) is 48.5 Å². The summed E-state index contributed by atoms with van der Waals surface area (Å²) in [5.41, 5.74) is 7.28. The van der Waals surface area contributed by atoms with Gasteiger partial charge in [-0.15, -0.1) is 0 Å². The Morgan fingerprint density at radius 2 is 2.00 bits per heavy atom. The lowest BCUT2D eigenvalue weighted by Crippen LogP contribution is -2.41. The van der Waals surface area contributed by atoms with Crippen LogP contribution in [0.4, 0.5) is 0 Å². The van der Waals surface area contributed by atoms with Crippen LogP contribution in [0.1, 0.15) is 24.5 Å². The van der Waals surface area contributed by atoms with E-state index in [0.717, 1.165) is 22.6 Å². The molecule has 1 atom stereocenters. The van der Waals surface area contributed by atoms with Crippen LogP contribution in [-0.2, 0) is 22.6 Å². The lowest BCUT2D eigenvalue weighted by atomic mass is 9.95. The molecule has 1 aliphatic rings. The van der Waals surface area contributed by atoms with Gasteiger partial charge >= 0.3 is 0 Å². The molecule has 28 heavy (non-hydrogen) atoms. The van der Waals surface area contributed by atoms with Gasteiger partial charge in [0.25, 0.3) is 0 Å². The predicted molar refractivity (Wildman–Crippen MR) is 106 cm³/mol. The largest absolute Gasteiger partial charge is 0.494 e. The maximum atomic E-state index is 13.2. The SMILES string of the molecule is CCOc1ccc2c(c1)CC(C(=O)N(CCC(N)=O)Cc1ccccc1)CO2. The Kier molecular flexibility index (Phi) is 6.53. The molecule has 1 heterocycles. The Balaban J connectivity index is 1.74. The molecule has 0 saturated carbocycles. The Morgan fingerprint density at radius 3 is 2.71 bits per heavy atom. The molecule has 3 rings (SSSR count). The van der Waals surface area contributed by atoms with E-state index in [9.17, 15) is 9.59 Å². The van der Waals surface area contributed by atoms with Crippen molar-refractivity contribution < 1.29 is 19.1 Å². The first-order valence-electron chi connectivity index (χ1n) is 9.56. The molecule has 0 radical (unpaired) electrons. The summed E-state index contributed by atoms with van der Waals surface area (Å²) in [7, 11) is 0. The Bertz CT molecular complexity index is 823. The summed E-state index contributed by atoms with van der Waals surface area (Å²) >= 11 is 0. The Labute approximate surface area is 165 Å². The standard InChI is InChI=1S/C22H26N2O4/c1-2-27-19-8-9-20-17(13-19)12-18(15-28-20)22(26)24(11-10-21(23)25)14-16-6-4-3-5-7-16/h3-9,13,18H,2,10-12,14-15H2,1H3,(H2,23,25). The topological polar surface area (TPSA) is 81.9 Å². The molecule has 2 aromatic rings. The summed E-state index contributed by atoms with van der Waals surface area (Å²) in [5.74, 6) is 0.808. The van der Waals surface area contributed by atoms with Gasteiger partial charge in [-0.3, -0.25) is 9.59 Å². The number of primary amides is 1. The van der Waals surface area contributed by atoms with Crippen LogP contribution < -0.4 is 15.2 Å². The van der Waals surface area contributed by atoms with Gasteiger partial charge in [-0.25, -0.2) is 0 Å². The number of ether oxygens (including phenoxy) is 2. The molecule has 148 valence electrons. The zero-order valence-electron chi connectivity index (χ0n) is 16.1. The molecule has 6 nitrogen and oxygen atoms in total. The smallest absolute Gasteiger partial charge is 0.229 e. The second-order valence-electron chi connectivity index (χ2n) is 6.88. The summed E-state index contributed by atoms with van der Waals surface area (Å²) in [4.78, 5) is 26.2. The first kappa shape index (κ1) is 19.7. The third kappa shape index (κ3) is 5.03. The maximum absolute atomic E-state index is 13.2. The Hall–Kier alpha value is -3.02. The highest BCUT2D eigenvalue weighted by atomic mass is 16.5. The van der Waals surface area contributed by atoms with E-state index in [1.807, 2.05) is 55.5 Å². The fourth-order valence-electron chi connectivity index (χ4n) is 3.36. The van der Waals surface area contributed by atoms with Crippen LogP contribution in [0, 0.1) is 5.92 Å². The monoisotopic (exact) mass is 382 g/mol. The van der Waals surface area contributed by atoms with E-state index in [-0.39, 0.29) is 18.2 Å². The number of nitrogens with zero attached hydrogens (tertiary/aromatic N) is 1. The van der Waals surface area contributed by atoms with Crippen LogP contribution in [0.2, 0.25) is 0 Å². The van der Waals surface area contributed by atoms with E-state index in [1.165, 1.54) is 0 Å². The highest BCUT2D eigenvalue weighted by molar-refractivity contribution is 5.81. The highest BCUT2D eigenvalue weighted by Gasteiger charge is 2.30. The van der Waals surface area contributed by atoms with E-state index < -0.39 is 5.91 Å². The second-order valence-corrected chi connectivity index (χ2v) is 6.88. The molecule has 1 aliphatic heterocycles. The van der Waals surface area contributed by atoms with Crippen LogP contribution in [0.5, 0.6) is 11.5 Å². The average molecular weight is 382 g/mol. The lowest BCUT2D eigenvalue weighted by Gasteiger charge is -2.30. The highest BCUT2D eigenvalue weighted by Crippen LogP contribution is 2.31. The predicted octanol–water partition coefficient (Wildman–Crippen LogP) is 2.54. The number of fused-ring (bicyclic) bond motifs is 1. The van der Waals surface area contributed by atoms with Crippen LogP contribution in [0.25, 0.3) is 0 Å². The van der Waals surface area contributed by atoms with Crippen molar-refractivity contribution in [1.82, 2.24) is 4.90 Å². The molecular weight excluding hydrogens is 356 g/mol. The summed E-state index contributed by atoms with van der Waals surface area (Å²) < 4.78 is 11.4. The van der Waals surface area contributed by atoms with E-state index in [2.05, 4.69) is 0 Å². The van der Waals surface area contributed by atoms with Gasteiger partial charge < -0.3 is 20.1 Å². The van der Waals surface area contributed by atoms with Gasteiger partial charge in [0.1, 0.15) is 18.1 Å². The molecular formula is C22H26N2O4. The van der Waals surface area contributed by atoms with E-state index in [1.54, 1.807) is 4.90 Å². The first-order valence-corrected chi connectivity index (χ1v) is 9.56. The second kappa shape index (κ2) is 9.26. The molecule has 0 aromatic heterocycles. The van der Waals surface area contributed by atoms with Crippen molar-refractivity contribution in [3.05, 3.63) is 59.7 Å². The lowest BCUT2D eigenvalue weighted by molar-refractivity contribution is -0.138. The van der Waals surface area contributed by atoms with Crippen molar-refractivity contribution in [2.75, 3.05) is 19.8 Å². The number of hydrogen-bond acceptors (Lipinski definition) is 4. The number of nitrogens with two attached hydrogens (primary N) is 1. The quantitative estimate of drug-likeness (QED) is 0.761. The fourth-order valence-corrected chi connectivity index (χ4v) is 3.36. The zero-order valence-corrected chi connectivity index (χ0v) is 16.1. The number of benzene rings is 2. The van der Waals surface area contributed by atoms with Gasteiger partial charge in [-0.2, -0.15) is 0 Å². The number of hydrogen-bond donors (Lipinski definition) is 1. The third-order valence-corrected chi connectivity index (χ3v) is 4.75. The average Bonchev–Trinajstić information content (AvgIpc) is 2.71. The molecule has 0 aliphatic carbocycles. The van der Waals surface area contributed by atoms with Crippen molar-refractivity contribution >= 4 is 11.8 Å². The third-order valence-electron chi connectivity index (χ3n) is 4.75. The molecule has 0 bridgehead atoms. The van der Waals surface area contributed by atoms with Crippen molar-refractivity contribution in [3.63, 3.8) is 0 Å². The molecule has 2 amide bonds. The number of carbonyl (C=O) groups is 2. The van der Waals surface area contributed by atoms with Crippen molar-refractivity contribution in [2.45, 2.75) is 26.3 Å². The zero-order chi connectivity index (χ0) is 19.9. The molecule has 0 saturated heterocycles. The molecule has 2 N–H and O–H groups in total. The van der Waals surface area contributed by atoms with Crippen molar-refractivity contribution in [2.24, 2.45) is 11.7 Å². The summed E-state index contributed by atoms with van der Waals surface area (Å²) in [5, 5.41) is 0. The summed E-state index contributed by atoms with van der Waals surface area (Å²) in [6.07, 6.45) is 0.716. The van der Waals surface area contributed by atoms with E-state index >= 15 is 0 Å². The number of carbonyl (C=O) groups excluding carboxylic acids is 2. The maximum Gasteiger partial charge on any atom is 0.229 e. The Morgan fingerprint density at radius 1 is 1.21 bits per heavy atom. The van der Waals surface area contributed by atoms with Gasteiger partial charge in [0.15, 0.2) is 0 Å². The minimum atomic E-state index is -0.419. The van der Waals surface area contributed by atoms with Crippen LogP contribution in [-0.4, -0.2) is 36.5 Å². The minimum Gasteiger partial charge on any atom is -0.494 e. The van der Waals surface area contributed by atoms with Crippen LogP contribution in [0.3, 0.4) is 0 Å². The van der Waals surface area contributed by atoms with Gasteiger partial charge in [-0.05, 0) is 42.7 Å². The van der Waals surface area contributed by atoms with Crippen molar-refractivity contribution in [3.8, 4) is 11.5 Å². The molecule has 6 heteroatoms. The van der Waals surface area contributed by atoms with Gasteiger partial charge in [0.05, 0.1) is 12.5 Å². The normalized spacial score (nSPS) is 15.2. The van der Waals surface area contributed by atoms with Gasteiger partial charge in [0.2, 0.25) is 11.8 Å².